The molecule has 3 aromatic rings. The summed E-state index contributed by atoms with van der Waals surface area (Å²) in [5, 5.41) is 12.3. The Morgan fingerprint density at radius 3 is 2.50 bits per heavy atom. The van der Waals surface area contributed by atoms with Crippen molar-refractivity contribution in [3.05, 3.63) is 65.1 Å². The van der Waals surface area contributed by atoms with E-state index in [9.17, 15) is 5.11 Å². The fraction of sp³-hybridized carbons (Fsp3) is 0.480. The number of aliphatic hydroxyl groups is 1. The number of hydrogen-bond donors (Lipinski definition) is 1. The lowest BCUT2D eigenvalue weighted by Gasteiger charge is -2.18. The molecule has 0 amide bonds. The molecule has 0 aliphatic heterocycles. The topological polar surface area (TPSA) is 38.0 Å². The Morgan fingerprint density at radius 1 is 1.07 bits per heavy atom. The Bertz CT molecular complexity index is 898. The van der Waals surface area contributed by atoms with E-state index in [4.69, 9.17) is 0 Å². The maximum absolute atomic E-state index is 10.9. The Morgan fingerprint density at radius 2 is 1.82 bits per heavy atom. The molecule has 2 unspecified atom stereocenters. The Kier molecular flexibility index (Phi) is 6.90. The van der Waals surface area contributed by atoms with Gasteiger partial charge in [-0.15, -0.1) is 0 Å². The minimum atomic E-state index is -0.533. The van der Waals surface area contributed by atoms with Gasteiger partial charge in [-0.2, -0.15) is 0 Å². The van der Waals surface area contributed by atoms with Crippen LogP contribution in [-0.4, -0.2) is 14.7 Å². The number of unbranched alkanes of at least 4 members (excludes halogenated alkanes) is 1. The predicted octanol–water partition coefficient (Wildman–Crippen LogP) is 6.32. The lowest BCUT2D eigenvalue weighted by molar-refractivity contribution is 0.157. The van der Waals surface area contributed by atoms with Crippen LogP contribution >= 0.6 is 0 Å². The Hall–Kier alpha value is -2.13. The predicted molar refractivity (Wildman–Crippen MR) is 118 cm³/mol. The normalized spacial score (nSPS) is 13.8. The van der Waals surface area contributed by atoms with Crippen LogP contribution < -0.4 is 0 Å². The molecular formula is C25H34N2O. The summed E-state index contributed by atoms with van der Waals surface area (Å²) >= 11 is 0. The summed E-state index contributed by atoms with van der Waals surface area (Å²) < 4.78 is 2.38. The second-order valence-corrected chi connectivity index (χ2v) is 8.08. The van der Waals surface area contributed by atoms with Gasteiger partial charge >= 0.3 is 0 Å². The van der Waals surface area contributed by atoms with E-state index in [1.165, 1.54) is 47.0 Å². The van der Waals surface area contributed by atoms with Crippen LogP contribution in [-0.2, 0) is 13.0 Å². The van der Waals surface area contributed by atoms with Crippen molar-refractivity contribution in [2.24, 2.45) is 0 Å². The average molecular weight is 379 g/mol. The molecule has 0 fully saturated rings. The number of aromatic nitrogens is 2. The number of hydrogen-bond acceptors (Lipinski definition) is 2. The van der Waals surface area contributed by atoms with E-state index in [2.05, 4.69) is 55.4 Å². The van der Waals surface area contributed by atoms with Crippen LogP contribution in [0.2, 0.25) is 0 Å². The molecule has 3 nitrogen and oxygen atoms in total. The van der Waals surface area contributed by atoms with Crippen molar-refractivity contribution >= 4 is 10.9 Å². The van der Waals surface area contributed by atoms with Gasteiger partial charge < -0.3 is 9.67 Å². The lowest BCUT2D eigenvalue weighted by Crippen LogP contribution is -2.12. The largest absolute Gasteiger partial charge is 0.387 e. The second-order valence-electron chi connectivity index (χ2n) is 8.08. The summed E-state index contributed by atoms with van der Waals surface area (Å²) in [5.74, 6) is 0.533. The summed E-state index contributed by atoms with van der Waals surface area (Å²) in [6, 6.07) is 10.6. The summed E-state index contributed by atoms with van der Waals surface area (Å²) in [6.45, 7) is 9.63. The fourth-order valence-electron chi connectivity index (χ4n) is 4.33. The van der Waals surface area contributed by atoms with Crippen LogP contribution in [0.25, 0.3) is 10.9 Å². The zero-order valence-corrected chi connectivity index (χ0v) is 17.8. The molecule has 28 heavy (non-hydrogen) atoms. The number of pyridine rings is 1. The van der Waals surface area contributed by atoms with Crippen molar-refractivity contribution < 1.29 is 5.11 Å². The first kappa shape index (κ1) is 20.6. The van der Waals surface area contributed by atoms with Gasteiger partial charge in [-0.05, 0) is 61.1 Å². The highest BCUT2D eigenvalue weighted by Crippen LogP contribution is 2.37. The van der Waals surface area contributed by atoms with E-state index in [0.717, 1.165) is 18.4 Å². The van der Waals surface area contributed by atoms with Crippen LogP contribution in [0, 0.1) is 6.92 Å². The third-order valence-electron chi connectivity index (χ3n) is 5.79. The van der Waals surface area contributed by atoms with E-state index in [1.807, 2.05) is 12.1 Å². The third-order valence-corrected chi connectivity index (χ3v) is 5.79. The number of nitrogens with zero attached hydrogens (tertiary/aromatic N) is 2. The summed E-state index contributed by atoms with van der Waals surface area (Å²) in [7, 11) is 0. The molecule has 1 aromatic carbocycles. The molecule has 0 spiro atoms. The molecule has 3 rings (SSSR count). The Balaban J connectivity index is 2.11. The van der Waals surface area contributed by atoms with Gasteiger partial charge in [-0.3, -0.25) is 4.98 Å². The molecule has 0 saturated heterocycles. The number of aliphatic hydroxyl groups excluding tert-OH is 1. The van der Waals surface area contributed by atoms with E-state index < -0.39 is 6.10 Å². The first-order chi connectivity index (χ1) is 13.6. The van der Waals surface area contributed by atoms with E-state index in [1.54, 1.807) is 12.4 Å². The average Bonchev–Trinajstić information content (AvgIpc) is 2.99. The van der Waals surface area contributed by atoms with Gasteiger partial charge in [0.05, 0.1) is 12.6 Å². The summed E-state index contributed by atoms with van der Waals surface area (Å²) in [6.07, 6.45) is 8.82. The van der Waals surface area contributed by atoms with Gasteiger partial charge in [0, 0.05) is 29.0 Å². The van der Waals surface area contributed by atoms with Gasteiger partial charge in [0.25, 0.3) is 0 Å². The first-order valence-corrected chi connectivity index (χ1v) is 10.8. The van der Waals surface area contributed by atoms with Crippen LogP contribution in [0.4, 0.5) is 0 Å². The monoisotopic (exact) mass is 378 g/mol. The number of aryl methyl sites for hydroxylation is 1. The second kappa shape index (κ2) is 9.38. The smallest absolute Gasteiger partial charge is 0.0970 e. The van der Waals surface area contributed by atoms with Crippen molar-refractivity contribution in [2.75, 3.05) is 0 Å². The molecule has 3 heteroatoms. The first-order valence-electron chi connectivity index (χ1n) is 10.8. The fourth-order valence-corrected chi connectivity index (χ4v) is 4.33. The van der Waals surface area contributed by atoms with Gasteiger partial charge in [-0.1, -0.05) is 51.7 Å². The number of benzene rings is 1. The van der Waals surface area contributed by atoms with Crippen LogP contribution in [0.15, 0.2) is 42.7 Å². The molecule has 2 atom stereocenters. The highest BCUT2D eigenvalue weighted by Gasteiger charge is 2.22. The van der Waals surface area contributed by atoms with Crippen molar-refractivity contribution in [3.8, 4) is 0 Å². The molecule has 1 N–H and O–H groups in total. The van der Waals surface area contributed by atoms with Crippen LogP contribution in [0.1, 0.15) is 80.9 Å². The molecule has 0 aliphatic rings. The van der Waals surface area contributed by atoms with Crippen molar-refractivity contribution in [2.45, 2.75) is 78.4 Å². The third kappa shape index (κ3) is 4.30. The quantitative estimate of drug-likeness (QED) is 0.473. The van der Waals surface area contributed by atoms with Crippen molar-refractivity contribution in [1.29, 1.82) is 0 Å². The zero-order chi connectivity index (χ0) is 20.1. The maximum atomic E-state index is 10.9. The van der Waals surface area contributed by atoms with Gasteiger partial charge in [0.2, 0.25) is 0 Å². The highest BCUT2D eigenvalue weighted by atomic mass is 16.3. The molecule has 2 heterocycles. The van der Waals surface area contributed by atoms with E-state index >= 15 is 0 Å². The number of rotatable bonds is 9. The maximum Gasteiger partial charge on any atom is 0.0970 e. The molecule has 0 radical (unpaired) electrons. The molecule has 0 bridgehead atoms. The van der Waals surface area contributed by atoms with Crippen molar-refractivity contribution in [1.82, 2.24) is 9.55 Å². The molecule has 0 saturated carbocycles. The van der Waals surface area contributed by atoms with Gasteiger partial charge in [-0.25, -0.2) is 0 Å². The summed E-state index contributed by atoms with van der Waals surface area (Å²) in [4.78, 5) is 4.08. The van der Waals surface area contributed by atoms with Gasteiger partial charge in [0.1, 0.15) is 0 Å². The van der Waals surface area contributed by atoms with E-state index in [0.29, 0.717) is 12.5 Å². The van der Waals surface area contributed by atoms with Crippen molar-refractivity contribution in [3.63, 3.8) is 0 Å². The zero-order valence-electron chi connectivity index (χ0n) is 17.8. The standard InChI is InChI=1S/C25H34N2O/c1-5-7-9-19(4)25-21-16-18(3)10-11-22(21)27(23(25)8-6-2)17-24(28)20-12-14-26-15-13-20/h10-16,19,24,28H,5-9,17H2,1-4H3. The van der Waals surface area contributed by atoms with Gasteiger partial charge in [0.15, 0.2) is 0 Å². The van der Waals surface area contributed by atoms with E-state index in [-0.39, 0.29) is 0 Å². The summed E-state index contributed by atoms with van der Waals surface area (Å²) in [5.41, 5.74) is 6.37. The lowest BCUT2D eigenvalue weighted by atomic mass is 9.91. The molecular weight excluding hydrogens is 344 g/mol. The molecule has 0 aliphatic carbocycles. The van der Waals surface area contributed by atoms with Crippen LogP contribution in [0.5, 0.6) is 0 Å². The Labute approximate surface area is 169 Å². The van der Waals surface area contributed by atoms with Crippen LogP contribution in [0.3, 0.4) is 0 Å². The minimum Gasteiger partial charge on any atom is -0.387 e. The molecule has 2 aromatic heterocycles. The SMILES string of the molecule is CCCCC(C)c1c(CCC)n(CC(O)c2ccncc2)c2ccc(C)cc12. The molecule has 150 valence electrons. The minimum absolute atomic E-state index is 0.533. The number of fused-ring (bicyclic) bond motifs is 1. The highest BCUT2D eigenvalue weighted by molar-refractivity contribution is 5.87.